The fourth-order valence-corrected chi connectivity index (χ4v) is 3.43. The molecule has 1 heterocycles. The lowest BCUT2D eigenvalue weighted by molar-refractivity contribution is 0.0338. The Morgan fingerprint density at radius 2 is 1.79 bits per heavy atom. The third-order valence-corrected chi connectivity index (χ3v) is 5.23. The van der Waals surface area contributed by atoms with Gasteiger partial charge in [0.05, 0.1) is 13.2 Å². The molecule has 0 amide bonds. The van der Waals surface area contributed by atoms with Crippen molar-refractivity contribution in [1.29, 1.82) is 0 Å². The highest BCUT2D eigenvalue weighted by atomic mass is 16.5. The zero-order chi connectivity index (χ0) is 17.1. The van der Waals surface area contributed by atoms with Crippen molar-refractivity contribution >= 4 is 0 Å². The molecule has 1 saturated heterocycles. The molecule has 2 aromatic rings. The van der Waals surface area contributed by atoms with E-state index in [1.807, 2.05) is 6.07 Å². The third-order valence-electron chi connectivity index (χ3n) is 5.23. The molecule has 1 aliphatic heterocycles. The lowest BCUT2D eigenvalue weighted by Crippen LogP contribution is -2.35. The van der Waals surface area contributed by atoms with E-state index in [2.05, 4.69) is 56.0 Å². The second kappa shape index (κ2) is 7.37. The van der Waals surface area contributed by atoms with E-state index < -0.39 is 0 Å². The van der Waals surface area contributed by atoms with Crippen LogP contribution in [0.15, 0.2) is 36.4 Å². The molecule has 24 heavy (non-hydrogen) atoms. The van der Waals surface area contributed by atoms with Gasteiger partial charge in [0.25, 0.3) is 0 Å². The molecular formula is C21H27NO2. The van der Waals surface area contributed by atoms with E-state index in [-0.39, 0.29) is 5.92 Å². The standard InChI is InChI=1S/C21H27NO2/c1-15-13-19(17(3)18-7-5-4-6-8-18)21(23)20(16(15)2)14-22-9-11-24-12-10-22/h4-8,13,17,23H,9-12,14H2,1-3H3/t17-/m0/s1. The fourth-order valence-electron chi connectivity index (χ4n) is 3.43. The summed E-state index contributed by atoms with van der Waals surface area (Å²) < 4.78 is 5.44. The minimum Gasteiger partial charge on any atom is -0.507 e. The molecule has 0 saturated carbocycles. The molecule has 1 fully saturated rings. The number of aryl methyl sites for hydroxylation is 1. The Balaban J connectivity index is 1.95. The average molecular weight is 325 g/mol. The van der Waals surface area contributed by atoms with Gasteiger partial charge in [0, 0.05) is 36.7 Å². The Labute approximate surface area is 144 Å². The Morgan fingerprint density at radius 3 is 2.46 bits per heavy atom. The maximum Gasteiger partial charge on any atom is 0.124 e. The second-order valence-corrected chi connectivity index (χ2v) is 6.76. The molecule has 0 spiro atoms. The molecule has 3 rings (SSSR count). The van der Waals surface area contributed by atoms with Crippen molar-refractivity contribution in [3.63, 3.8) is 0 Å². The summed E-state index contributed by atoms with van der Waals surface area (Å²) in [7, 11) is 0. The summed E-state index contributed by atoms with van der Waals surface area (Å²) in [6.07, 6.45) is 0. The highest BCUT2D eigenvalue weighted by molar-refractivity contribution is 5.52. The van der Waals surface area contributed by atoms with Crippen LogP contribution in [0.1, 0.15) is 40.7 Å². The van der Waals surface area contributed by atoms with Crippen LogP contribution in [0.4, 0.5) is 0 Å². The lowest BCUT2D eigenvalue weighted by Gasteiger charge is -2.29. The van der Waals surface area contributed by atoms with Crippen LogP contribution in [0.25, 0.3) is 0 Å². The van der Waals surface area contributed by atoms with Gasteiger partial charge in [-0.1, -0.05) is 43.3 Å². The van der Waals surface area contributed by atoms with Gasteiger partial charge in [-0.05, 0) is 30.5 Å². The van der Waals surface area contributed by atoms with Gasteiger partial charge in [-0.3, -0.25) is 4.90 Å². The molecule has 0 aromatic heterocycles. The van der Waals surface area contributed by atoms with Crippen molar-refractivity contribution in [3.05, 3.63) is 64.2 Å². The van der Waals surface area contributed by atoms with E-state index >= 15 is 0 Å². The Morgan fingerprint density at radius 1 is 1.12 bits per heavy atom. The molecule has 0 aliphatic carbocycles. The predicted molar refractivity (Wildman–Crippen MR) is 97.6 cm³/mol. The van der Waals surface area contributed by atoms with Crippen LogP contribution < -0.4 is 0 Å². The summed E-state index contributed by atoms with van der Waals surface area (Å²) >= 11 is 0. The number of hydrogen-bond acceptors (Lipinski definition) is 3. The molecule has 128 valence electrons. The SMILES string of the molecule is Cc1cc([C@@H](C)c2ccccc2)c(O)c(CN2CCOCC2)c1C. The van der Waals surface area contributed by atoms with Crippen LogP contribution in [0.5, 0.6) is 5.75 Å². The van der Waals surface area contributed by atoms with Gasteiger partial charge < -0.3 is 9.84 Å². The molecule has 1 atom stereocenters. The molecule has 0 radical (unpaired) electrons. The van der Waals surface area contributed by atoms with Crippen molar-refractivity contribution in [2.75, 3.05) is 26.3 Å². The van der Waals surface area contributed by atoms with Crippen LogP contribution in [-0.4, -0.2) is 36.3 Å². The molecular weight excluding hydrogens is 298 g/mol. The van der Waals surface area contributed by atoms with Crippen molar-refractivity contribution in [1.82, 2.24) is 4.90 Å². The van der Waals surface area contributed by atoms with Gasteiger partial charge in [-0.25, -0.2) is 0 Å². The van der Waals surface area contributed by atoms with E-state index in [0.29, 0.717) is 5.75 Å². The normalized spacial score (nSPS) is 17.0. The number of morpholine rings is 1. The van der Waals surface area contributed by atoms with Gasteiger partial charge >= 0.3 is 0 Å². The van der Waals surface area contributed by atoms with Crippen LogP contribution in [-0.2, 0) is 11.3 Å². The topological polar surface area (TPSA) is 32.7 Å². The summed E-state index contributed by atoms with van der Waals surface area (Å²) in [6.45, 7) is 10.6. The number of phenols is 1. The summed E-state index contributed by atoms with van der Waals surface area (Å²) in [5, 5.41) is 11.0. The molecule has 3 heteroatoms. The number of hydrogen-bond donors (Lipinski definition) is 1. The highest BCUT2D eigenvalue weighted by Crippen LogP contribution is 2.37. The van der Waals surface area contributed by atoms with E-state index in [4.69, 9.17) is 4.74 Å². The van der Waals surface area contributed by atoms with Gasteiger partial charge in [0.2, 0.25) is 0 Å². The molecule has 1 aliphatic rings. The van der Waals surface area contributed by atoms with Crippen molar-refractivity contribution in [3.8, 4) is 5.75 Å². The third kappa shape index (κ3) is 3.47. The lowest BCUT2D eigenvalue weighted by atomic mass is 9.87. The number of phenolic OH excluding ortho intramolecular Hbond substituents is 1. The molecule has 2 aromatic carbocycles. The van der Waals surface area contributed by atoms with Crippen LogP contribution >= 0.6 is 0 Å². The van der Waals surface area contributed by atoms with Gasteiger partial charge in [0.1, 0.15) is 5.75 Å². The van der Waals surface area contributed by atoms with Crippen LogP contribution in [0, 0.1) is 13.8 Å². The summed E-state index contributed by atoms with van der Waals surface area (Å²) in [4.78, 5) is 2.36. The first-order chi connectivity index (χ1) is 11.6. The Bertz CT molecular complexity index is 691. The Kier molecular flexibility index (Phi) is 5.22. The first-order valence-corrected chi connectivity index (χ1v) is 8.75. The van der Waals surface area contributed by atoms with Crippen LogP contribution in [0.3, 0.4) is 0 Å². The number of rotatable bonds is 4. The zero-order valence-corrected chi connectivity index (χ0v) is 14.9. The zero-order valence-electron chi connectivity index (χ0n) is 14.9. The largest absolute Gasteiger partial charge is 0.507 e. The predicted octanol–water partition coefficient (Wildman–Crippen LogP) is 3.99. The number of aromatic hydroxyl groups is 1. The molecule has 0 bridgehead atoms. The van der Waals surface area contributed by atoms with Crippen molar-refractivity contribution < 1.29 is 9.84 Å². The smallest absolute Gasteiger partial charge is 0.124 e. The number of benzene rings is 2. The molecule has 3 nitrogen and oxygen atoms in total. The Hall–Kier alpha value is -1.84. The number of nitrogens with zero attached hydrogens (tertiary/aromatic N) is 1. The average Bonchev–Trinajstić information content (AvgIpc) is 2.63. The molecule has 0 unspecified atom stereocenters. The van der Waals surface area contributed by atoms with Crippen molar-refractivity contribution in [2.45, 2.75) is 33.2 Å². The van der Waals surface area contributed by atoms with E-state index in [9.17, 15) is 5.11 Å². The quantitative estimate of drug-likeness (QED) is 0.922. The van der Waals surface area contributed by atoms with Gasteiger partial charge in [-0.15, -0.1) is 0 Å². The minimum absolute atomic E-state index is 0.175. The summed E-state index contributed by atoms with van der Waals surface area (Å²) in [5.41, 5.74) is 5.76. The summed E-state index contributed by atoms with van der Waals surface area (Å²) in [6, 6.07) is 12.5. The highest BCUT2D eigenvalue weighted by Gasteiger charge is 2.21. The van der Waals surface area contributed by atoms with Crippen LogP contribution in [0.2, 0.25) is 0 Å². The van der Waals surface area contributed by atoms with E-state index in [0.717, 1.165) is 44.0 Å². The van der Waals surface area contributed by atoms with Crippen molar-refractivity contribution in [2.24, 2.45) is 0 Å². The molecule has 1 N–H and O–H groups in total. The second-order valence-electron chi connectivity index (χ2n) is 6.76. The van der Waals surface area contributed by atoms with Gasteiger partial charge in [-0.2, -0.15) is 0 Å². The van der Waals surface area contributed by atoms with Gasteiger partial charge in [0.15, 0.2) is 0 Å². The maximum absolute atomic E-state index is 11.0. The number of ether oxygens (including phenoxy) is 1. The maximum atomic E-state index is 11.0. The first-order valence-electron chi connectivity index (χ1n) is 8.75. The summed E-state index contributed by atoms with van der Waals surface area (Å²) in [5.74, 6) is 0.634. The van der Waals surface area contributed by atoms with E-state index in [1.165, 1.54) is 16.7 Å². The fraction of sp³-hybridized carbons (Fsp3) is 0.429. The monoisotopic (exact) mass is 325 g/mol. The first kappa shape index (κ1) is 17.0. The van der Waals surface area contributed by atoms with E-state index in [1.54, 1.807) is 0 Å². The minimum atomic E-state index is 0.175.